The Hall–Kier alpha value is -10.5. The summed E-state index contributed by atoms with van der Waals surface area (Å²) < 4.78 is 45.6. The zero-order valence-electron chi connectivity index (χ0n) is 60.0. The lowest BCUT2D eigenvalue weighted by molar-refractivity contribution is -0.329. The normalized spacial score (nSPS) is 27.7. The summed E-state index contributed by atoms with van der Waals surface area (Å²) in [5.41, 5.74) is 8.74. The molecule has 0 aliphatic carbocycles. The number of carbonyl (C=O) groups excluding carboxylic acids is 7. The van der Waals surface area contributed by atoms with Crippen molar-refractivity contribution in [3.63, 3.8) is 0 Å². The third-order valence-corrected chi connectivity index (χ3v) is 20.9. The van der Waals surface area contributed by atoms with Gasteiger partial charge in [-0.15, -0.1) is 10.2 Å². The summed E-state index contributed by atoms with van der Waals surface area (Å²) in [5, 5.41) is 130. The maximum absolute atomic E-state index is 16.2. The van der Waals surface area contributed by atoms with E-state index in [-0.39, 0.29) is 63.1 Å². The molecule has 2 fully saturated rings. The van der Waals surface area contributed by atoms with Crippen LogP contribution in [0.3, 0.4) is 0 Å². The first kappa shape index (κ1) is 81.1. The number of aliphatic hydroxyl groups excluding tert-OH is 5. The van der Waals surface area contributed by atoms with E-state index < -0.39 is 231 Å². The Morgan fingerprint density at radius 2 is 1.35 bits per heavy atom. The largest absolute Gasteiger partial charge is 0.508 e. The van der Waals surface area contributed by atoms with E-state index in [0.717, 1.165) is 78.5 Å². The van der Waals surface area contributed by atoms with Gasteiger partial charge in [-0.05, 0) is 122 Å². The number of fused-ring (bicyclic) bond motifs is 15. The van der Waals surface area contributed by atoms with Crippen molar-refractivity contribution in [2.75, 3.05) is 12.8 Å². The van der Waals surface area contributed by atoms with E-state index in [4.69, 9.17) is 67.5 Å². The molecular weight excluding hydrogens is 1530 g/mol. The fourth-order valence-corrected chi connectivity index (χ4v) is 14.9. The molecule has 20 N–H and O–H groups in total. The van der Waals surface area contributed by atoms with Crippen molar-refractivity contribution in [3.05, 3.63) is 147 Å². The number of halogens is 2. The van der Waals surface area contributed by atoms with Gasteiger partial charge in [-0.25, -0.2) is 4.79 Å². The molecule has 18 atom stereocenters. The number of phenols is 3. The van der Waals surface area contributed by atoms with Crippen molar-refractivity contribution in [1.29, 1.82) is 0 Å². The number of nitrogens with zero attached hydrogens (tertiary/aromatic N) is 2. The van der Waals surface area contributed by atoms with E-state index in [1.807, 2.05) is 13.8 Å². The average molecular weight is 1610 g/mol. The van der Waals surface area contributed by atoms with Gasteiger partial charge in [0.25, 0.3) is 5.22 Å². The first-order valence-corrected chi connectivity index (χ1v) is 36.8. The predicted molar refractivity (Wildman–Crippen MR) is 393 cm³/mol. The lowest BCUT2D eigenvalue weighted by atomic mass is 9.86. The molecule has 7 aliphatic heterocycles. The standard InChI is InChI=1S/C74H79Cl2N11O24S/c1-28(2)17-40(79-5)64(97)84-55-57(92)32-12-15-44(38(75)19-32)106-46-21-34-22-47(61(46)110-72-62(109-50-26-74(4,78)63(96)29(3)105-50)60(95)59(94)48(108-72)27-112-73-87-86-70(111-73)30-9-7-6-8-10-30)107-45-16-13-33(20-39(45)76)58(93)56-69(102)83-54(71(103)104)37-23-35(88)24-43(90)51(37)36-18-31(11-14-42(36)89)52(66(99)85-56)82-67(100)53(34)81-65(98)41(25-49(77)91)80-68(55)101/h6-16,18-24,28-29,40-41,48,50,52-60,62-63,72,79,88-90,92-96H,17,25-27,78H2,1-5H3,(H2,77,91)(H,80,101)(H,81,98)(H,82,100)(H,83,102)(H,84,97)(H,85,99)(H,103,104)/t29?,40-,41-,48?,50?,52?,53?,54+,55+,56-,57+,58+,59?,60?,62?,63?,72?,74?/m0/s1. The third-order valence-electron chi connectivity index (χ3n) is 19.4. The van der Waals surface area contributed by atoms with E-state index in [2.05, 4.69) is 47.4 Å². The molecule has 6 aromatic carbocycles. The SMILES string of the molecule is CN[C@@H](CC(C)C)C(=O)N[C@H]1C(=O)N[C@@H](CC(N)=O)C(=O)NC2C(=O)NC3C(=O)N[C@H](C(=O)N[C@@H](C(=O)O)c4cc(O)cc(O)c4-c4cc3ccc4O)[C@H](O)c3ccc(c(Cl)c3)Oc3cc2cc(c3OC2OC(CSc3nnc(-c4ccccc4)o3)C(O)C(O)C2OC2CC(C)(N)C(O)C(C)O2)Oc2ccc(cc2Cl)[C@H]1O. The molecule has 0 saturated carbocycles. The molecule has 7 amide bonds. The summed E-state index contributed by atoms with van der Waals surface area (Å²) in [6.07, 6.45) is -18.4. The number of likely N-dealkylation sites (N-methyl/N-ethyl adjacent to an activating group) is 1. The number of carboxylic acids is 1. The van der Waals surface area contributed by atoms with Crippen LogP contribution in [0.4, 0.5) is 0 Å². The Labute approximate surface area is 650 Å². The monoisotopic (exact) mass is 1610 g/mol. The van der Waals surface area contributed by atoms with Gasteiger partial charge >= 0.3 is 5.97 Å². The van der Waals surface area contributed by atoms with Crippen LogP contribution in [0.1, 0.15) is 105 Å². The second-order valence-electron chi connectivity index (χ2n) is 28.1. The number of carbonyl (C=O) groups is 8. The molecule has 594 valence electrons. The maximum atomic E-state index is 16.2. The number of phenolic OH excluding ortho intramolecular Hbond substituents is 3. The van der Waals surface area contributed by atoms with Crippen LogP contribution in [0.25, 0.3) is 22.6 Å². The number of ether oxygens (including phenoxy) is 6. The van der Waals surface area contributed by atoms with Gasteiger partial charge in [0.05, 0.1) is 40.8 Å². The quantitative estimate of drug-likeness (QED) is 0.0618. The second-order valence-corrected chi connectivity index (χ2v) is 29.9. The smallest absolute Gasteiger partial charge is 0.330 e. The summed E-state index contributed by atoms with van der Waals surface area (Å²) in [6, 6.07) is 8.20. The van der Waals surface area contributed by atoms with Crippen molar-refractivity contribution in [3.8, 4) is 68.6 Å². The first-order chi connectivity index (χ1) is 53.1. The van der Waals surface area contributed by atoms with Crippen LogP contribution < -0.4 is 62.9 Å². The fourth-order valence-electron chi connectivity index (χ4n) is 13.6. The lowest BCUT2D eigenvalue weighted by Gasteiger charge is -2.47. The fraction of sp³-hybridized carbons (Fsp3) is 0.378. The van der Waals surface area contributed by atoms with Gasteiger partial charge in [0, 0.05) is 46.0 Å². The van der Waals surface area contributed by atoms with Gasteiger partial charge in [-0.2, -0.15) is 0 Å². The van der Waals surface area contributed by atoms with Crippen LogP contribution in [0, 0.1) is 5.92 Å². The van der Waals surface area contributed by atoms with Gasteiger partial charge in [0.15, 0.2) is 29.9 Å². The number of amides is 7. The van der Waals surface area contributed by atoms with Crippen LogP contribution in [-0.2, 0) is 52.6 Å². The Bertz CT molecular complexity index is 4790. The van der Waals surface area contributed by atoms with Crippen LogP contribution in [0.15, 0.2) is 119 Å². The van der Waals surface area contributed by atoms with Crippen molar-refractivity contribution in [1.82, 2.24) is 47.4 Å². The lowest BCUT2D eigenvalue weighted by Crippen LogP contribution is -2.64. The predicted octanol–water partition coefficient (Wildman–Crippen LogP) is 2.96. The van der Waals surface area contributed by atoms with Crippen LogP contribution in [0.2, 0.25) is 10.0 Å². The summed E-state index contributed by atoms with van der Waals surface area (Å²) >= 11 is 15.2. The molecule has 7 aromatic rings. The summed E-state index contributed by atoms with van der Waals surface area (Å²) in [5.74, 6) is -16.1. The number of benzene rings is 6. The number of aromatic hydroxyl groups is 3. The molecule has 35 nitrogen and oxygen atoms in total. The second kappa shape index (κ2) is 33.5. The number of hydrogen-bond donors (Lipinski definition) is 18. The first-order valence-electron chi connectivity index (χ1n) is 35.0. The van der Waals surface area contributed by atoms with E-state index in [9.17, 15) is 69.9 Å². The number of aliphatic carboxylic acids is 1. The summed E-state index contributed by atoms with van der Waals surface area (Å²) in [6.45, 7) is 6.68. The third kappa shape index (κ3) is 17.4. The zero-order valence-corrected chi connectivity index (χ0v) is 62.3. The number of aliphatic hydroxyl groups is 5. The molecule has 0 radical (unpaired) electrons. The van der Waals surface area contributed by atoms with Gasteiger partial charge < -0.3 is 127 Å². The molecule has 1 aromatic heterocycles. The van der Waals surface area contributed by atoms with Crippen LogP contribution >= 0.6 is 35.0 Å². The Morgan fingerprint density at radius 3 is 1.97 bits per heavy atom. The minimum atomic E-state index is -2.36. The minimum absolute atomic E-state index is 0.0130. The highest BCUT2D eigenvalue weighted by Crippen LogP contribution is 2.50. The van der Waals surface area contributed by atoms with Gasteiger partial charge in [-0.1, -0.05) is 85.2 Å². The summed E-state index contributed by atoms with van der Waals surface area (Å²) in [4.78, 5) is 118. The number of carboxylic acid groups (broad SMARTS) is 1. The van der Waals surface area contributed by atoms with Crippen LogP contribution in [-0.4, -0.2) is 195 Å². The van der Waals surface area contributed by atoms with Crippen molar-refractivity contribution in [2.24, 2.45) is 17.4 Å². The van der Waals surface area contributed by atoms with E-state index in [1.54, 1.807) is 30.3 Å². The molecular formula is C74H79Cl2N11O24S. The number of thioether (sulfide) groups is 1. The van der Waals surface area contributed by atoms with Crippen molar-refractivity contribution < 1.29 is 117 Å². The topological polar surface area (TPSA) is 549 Å². The van der Waals surface area contributed by atoms with Crippen molar-refractivity contribution in [2.45, 2.75) is 161 Å². The molecule has 2 saturated heterocycles. The minimum Gasteiger partial charge on any atom is -0.508 e. The van der Waals surface area contributed by atoms with Gasteiger partial charge in [-0.3, -0.25) is 33.6 Å². The van der Waals surface area contributed by atoms with Gasteiger partial charge in [0.1, 0.15) is 83.4 Å². The molecule has 14 rings (SSSR count). The highest BCUT2D eigenvalue weighted by Gasteiger charge is 2.52. The number of nitrogens with two attached hydrogens (primary N) is 2. The number of nitrogens with one attached hydrogen (secondary N) is 7. The molecule has 11 bridgehead atoms. The Kier molecular flexibility index (Phi) is 24.2. The maximum Gasteiger partial charge on any atom is 0.330 e. The van der Waals surface area contributed by atoms with E-state index in [1.165, 1.54) is 33.0 Å². The molecule has 112 heavy (non-hydrogen) atoms. The van der Waals surface area contributed by atoms with Crippen molar-refractivity contribution >= 4 is 82.3 Å². The van der Waals surface area contributed by atoms with E-state index >= 15 is 14.4 Å². The molecule has 7 aliphatic rings. The molecule has 0 spiro atoms. The average Bonchev–Trinajstić information content (AvgIpc) is 0.766. The Morgan fingerprint density at radius 1 is 0.714 bits per heavy atom. The number of aromatic nitrogens is 2. The zero-order chi connectivity index (χ0) is 80.6. The Balaban J connectivity index is 1.08. The molecule has 8 heterocycles. The highest BCUT2D eigenvalue weighted by atomic mass is 35.5. The van der Waals surface area contributed by atoms with Gasteiger partial charge in [0.2, 0.25) is 59.3 Å². The number of hydrogen-bond acceptors (Lipinski definition) is 28. The number of rotatable bonds is 16. The molecule has 38 heteroatoms. The van der Waals surface area contributed by atoms with Crippen LogP contribution in [0.5, 0.6) is 46.0 Å². The summed E-state index contributed by atoms with van der Waals surface area (Å²) in [7, 11) is 1.48. The highest BCUT2D eigenvalue weighted by molar-refractivity contribution is 7.99. The van der Waals surface area contributed by atoms with E-state index in [0.29, 0.717) is 5.56 Å². The number of primary amides is 1. The molecule has 11 unspecified atom stereocenters.